The van der Waals surface area contributed by atoms with Crippen LogP contribution >= 0.6 is 11.8 Å². The Bertz CT molecular complexity index is 570. The summed E-state index contributed by atoms with van der Waals surface area (Å²) >= 11 is 1.83. The Morgan fingerprint density at radius 1 is 1.29 bits per heavy atom. The quantitative estimate of drug-likeness (QED) is 0.585. The zero-order valence-electron chi connectivity index (χ0n) is 15.6. The van der Waals surface area contributed by atoms with Crippen molar-refractivity contribution in [2.45, 2.75) is 25.0 Å². The van der Waals surface area contributed by atoms with Crippen molar-refractivity contribution in [2.24, 2.45) is 4.99 Å². The van der Waals surface area contributed by atoms with Gasteiger partial charge in [0.15, 0.2) is 5.96 Å². The third kappa shape index (κ3) is 6.83. The van der Waals surface area contributed by atoms with E-state index >= 15 is 0 Å². The molecule has 2 N–H and O–H groups in total. The molecule has 24 heavy (non-hydrogen) atoms. The smallest absolute Gasteiger partial charge is 0.253 e. The molecule has 0 bridgehead atoms. The van der Waals surface area contributed by atoms with E-state index in [4.69, 9.17) is 0 Å². The van der Waals surface area contributed by atoms with Gasteiger partial charge in [-0.1, -0.05) is 12.1 Å². The summed E-state index contributed by atoms with van der Waals surface area (Å²) in [7, 11) is 5.31. The van der Waals surface area contributed by atoms with Crippen molar-refractivity contribution >= 4 is 23.6 Å². The Morgan fingerprint density at radius 3 is 2.58 bits per heavy atom. The molecule has 1 amide bonds. The number of guanidine groups is 1. The molecule has 0 aliphatic rings. The van der Waals surface area contributed by atoms with E-state index in [9.17, 15) is 4.79 Å². The minimum Gasteiger partial charge on any atom is -0.356 e. The van der Waals surface area contributed by atoms with Crippen LogP contribution in [0.1, 0.15) is 29.8 Å². The van der Waals surface area contributed by atoms with Gasteiger partial charge in [0.25, 0.3) is 5.91 Å². The second-order valence-electron chi connectivity index (χ2n) is 6.47. The highest BCUT2D eigenvalue weighted by Gasteiger charge is 2.16. The van der Waals surface area contributed by atoms with Crippen molar-refractivity contribution in [3.05, 3.63) is 35.4 Å². The second kappa shape index (κ2) is 9.57. The molecule has 6 heteroatoms. The number of aliphatic imine (C=N–C) groups is 1. The van der Waals surface area contributed by atoms with Gasteiger partial charge in [0.1, 0.15) is 0 Å². The number of hydrogen-bond acceptors (Lipinski definition) is 3. The van der Waals surface area contributed by atoms with Crippen LogP contribution in [-0.4, -0.2) is 62.0 Å². The van der Waals surface area contributed by atoms with E-state index in [1.807, 2.05) is 36.0 Å². The summed E-state index contributed by atoms with van der Waals surface area (Å²) in [5, 5.41) is 6.67. The van der Waals surface area contributed by atoms with E-state index in [-0.39, 0.29) is 10.7 Å². The van der Waals surface area contributed by atoms with Crippen LogP contribution in [0, 0.1) is 0 Å². The largest absolute Gasteiger partial charge is 0.356 e. The SMILES string of the molecule is CN=C(NCCc1cccc(C(=O)N(C)C)c1)NCC(C)(C)SC. The van der Waals surface area contributed by atoms with Gasteiger partial charge in [0, 0.05) is 44.5 Å². The highest BCUT2D eigenvalue weighted by molar-refractivity contribution is 7.99. The normalized spacial score (nSPS) is 12.0. The van der Waals surface area contributed by atoms with Crippen LogP contribution in [0.4, 0.5) is 0 Å². The summed E-state index contributed by atoms with van der Waals surface area (Å²) in [4.78, 5) is 17.9. The lowest BCUT2D eigenvalue weighted by molar-refractivity contribution is 0.0827. The molecule has 0 fully saturated rings. The maximum atomic E-state index is 12.0. The molecule has 0 saturated carbocycles. The lowest BCUT2D eigenvalue weighted by Gasteiger charge is -2.23. The number of thioether (sulfide) groups is 1. The number of rotatable bonds is 7. The number of benzene rings is 1. The predicted molar refractivity (Wildman–Crippen MR) is 105 cm³/mol. The molecule has 0 aliphatic carbocycles. The van der Waals surface area contributed by atoms with Gasteiger partial charge in [-0.15, -0.1) is 0 Å². The van der Waals surface area contributed by atoms with E-state index in [0.717, 1.165) is 36.6 Å². The standard InChI is InChI=1S/C18H30N4OS/c1-18(2,24-6)13-21-17(19-3)20-11-10-14-8-7-9-15(12-14)16(23)22(4)5/h7-9,12H,10-11,13H2,1-6H3,(H2,19,20,21). The fourth-order valence-electron chi connectivity index (χ4n) is 2.03. The van der Waals surface area contributed by atoms with Gasteiger partial charge < -0.3 is 15.5 Å². The molecular weight excluding hydrogens is 320 g/mol. The van der Waals surface area contributed by atoms with Gasteiger partial charge in [-0.05, 0) is 44.2 Å². The summed E-state index contributed by atoms with van der Waals surface area (Å²) in [5.74, 6) is 0.833. The van der Waals surface area contributed by atoms with Gasteiger partial charge in [-0.25, -0.2) is 0 Å². The number of hydrogen-bond donors (Lipinski definition) is 2. The van der Waals surface area contributed by atoms with E-state index in [1.165, 1.54) is 0 Å². The lowest BCUT2D eigenvalue weighted by atomic mass is 10.1. The maximum absolute atomic E-state index is 12.0. The van der Waals surface area contributed by atoms with Crippen molar-refractivity contribution in [1.29, 1.82) is 0 Å². The number of carbonyl (C=O) groups is 1. The first-order chi connectivity index (χ1) is 11.3. The van der Waals surface area contributed by atoms with Crippen LogP contribution in [0.25, 0.3) is 0 Å². The molecule has 5 nitrogen and oxygen atoms in total. The summed E-state index contributed by atoms with van der Waals surface area (Å²) < 4.78 is 0.165. The average Bonchev–Trinajstić information content (AvgIpc) is 2.57. The Hall–Kier alpha value is -1.69. The molecule has 1 aromatic carbocycles. The predicted octanol–water partition coefficient (Wildman–Crippen LogP) is 2.24. The number of nitrogens with one attached hydrogen (secondary N) is 2. The van der Waals surface area contributed by atoms with Crippen molar-refractivity contribution in [1.82, 2.24) is 15.5 Å². The second-order valence-corrected chi connectivity index (χ2v) is 7.98. The zero-order chi connectivity index (χ0) is 18.2. The van der Waals surface area contributed by atoms with Crippen molar-refractivity contribution in [3.63, 3.8) is 0 Å². The molecule has 0 radical (unpaired) electrons. The number of amides is 1. The maximum Gasteiger partial charge on any atom is 0.253 e. The van der Waals surface area contributed by atoms with Crippen LogP contribution < -0.4 is 10.6 Å². The Kier molecular flexibility index (Phi) is 8.11. The Labute approximate surface area is 150 Å². The number of nitrogens with zero attached hydrogens (tertiary/aromatic N) is 2. The number of carbonyl (C=O) groups excluding carboxylic acids is 1. The molecular formula is C18H30N4OS. The molecule has 0 atom stereocenters. The minimum absolute atomic E-state index is 0.0292. The monoisotopic (exact) mass is 350 g/mol. The topological polar surface area (TPSA) is 56.7 Å². The van der Waals surface area contributed by atoms with E-state index in [0.29, 0.717) is 0 Å². The molecule has 1 aromatic rings. The minimum atomic E-state index is 0.0292. The first kappa shape index (κ1) is 20.4. The first-order valence-electron chi connectivity index (χ1n) is 8.09. The molecule has 0 unspecified atom stereocenters. The van der Waals surface area contributed by atoms with Crippen LogP contribution in [0.2, 0.25) is 0 Å². The van der Waals surface area contributed by atoms with Crippen molar-refractivity contribution in [2.75, 3.05) is 40.5 Å². The van der Waals surface area contributed by atoms with Gasteiger partial charge in [0.05, 0.1) is 0 Å². The van der Waals surface area contributed by atoms with Gasteiger partial charge in [0.2, 0.25) is 0 Å². The van der Waals surface area contributed by atoms with Crippen LogP contribution in [0.5, 0.6) is 0 Å². The summed E-state index contributed by atoms with van der Waals surface area (Å²) in [6, 6.07) is 7.78. The molecule has 0 spiro atoms. The van der Waals surface area contributed by atoms with E-state index < -0.39 is 0 Å². The molecule has 0 aromatic heterocycles. The lowest BCUT2D eigenvalue weighted by Crippen LogP contribution is -2.43. The third-order valence-electron chi connectivity index (χ3n) is 3.74. The Morgan fingerprint density at radius 2 is 2.00 bits per heavy atom. The zero-order valence-corrected chi connectivity index (χ0v) is 16.5. The molecule has 0 saturated heterocycles. The van der Waals surface area contributed by atoms with Crippen LogP contribution in [0.3, 0.4) is 0 Å². The average molecular weight is 351 g/mol. The van der Waals surface area contributed by atoms with Crippen LogP contribution in [0.15, 0.2) is 29.3 Å². The molecule has 1 rings (SSSR count). The first-order valence-corrected chi connectivity index (χ1v) is 9.32. The molecule has 0 aliphatic heterocycles. The van der Waals surface area contributed by atoms with Crippen molar-refractivity contribution < 1.29 is 4.79 Å². The summed E-state index contributed by atoms with van der Waals surface area (Å²) in [6.45, 7) is 6.01. The summed E-state index contributed by atoms with van der Waals surface area (Å²) in [5.41, 5.74) is 1.86. The third-order valence-corrected chi connectivity index (χ3v) is 4.99. The van der Waals surface area contributed by atoms with Gasteiger partial charge in [-0.2, -0.15) is 11.8 Å². The van der Waals surface area contributed by atoms with E-state index in [2.05, 4.69) is 35.7 Å². The van der Waals surface area contributed by atoms with E-state index in [1.54, 1.807) is 26.0 Å². The Balaban J connectivity index is 2.51. The van der Waals surface area contributed by atoms with Gasteiger partial charge >= 0.3 is 0 Å². The molecule has 0 heterocycles. The van der Waals surface area contributed by atoms with Gasteiger partial charge in [-0.3, -0.25) is 9.79 Å². The molecule has 134 valence electrons. The summed E-state index contributed by atoms with van der Waals surface area (Å²) in [6.07, 6.45) is 2.95. The highest BCUT2D eigenvalue weighted by atomic mass is 32.2. The fourth-order valence-corrected chi connectivity index (χ4v) is 2.25. The van der Waals surface area contributed by atoms with Crippen LogP contribution in [-0.2, 0) is 6.42 Å². The fraction of sp³-hybridized carbons (Fsp3) is 0.556. The highest BCUT2D eigenvalue weighted by Crippen LogP contribution is 2.19. The van der Waals surface area contributed by atoms with Crippen molar-refractivity contribution in [3.8, 4) is 0 Å².